The van der Waals surface area contributed by atoms with Crippen LogP contribution in [0.1, 0.15) is 50.5 Å². The third kappa shape index (κ3) is 2.71. The lowest BCUT2D eigenvalue weighted by Gasteiger charge is -2.47. The van der Waals surface area contributed by atoms with E-state index in [1.165, 1.54) is 51.0 Å². The molecule has 0 radical (unpaired) electrons. The van der Waals surface area contributed by atoms with Crippen LogP contribution in [0, 0.1) is 5.82 Å². The predicted octanol–water partition coefficient (Wildman–Crippen LogP) is 3.93. The van der Waals surface area contributed by atoms with Crippen LogP contribution in [0.5, 0.6) is 11.5 Å². The molecule has 0 bridgehead atoms. The van der Waals surface area contributed by atoms with E-state index in [-0.39, 0.29) is 5.82 Å². The number of nitrogens with zero attached hydrogens (tertiary/aromatic N) is 1. The molecule has 3 aliphatic rings. The average Bonchev–Trinajstić information content (AvgIpc) is 3.05. The highest BCUT2D eigenvalue weighted by Crippen LogP contribution is 2.40. The second-order valence-electron chi connectivity index (χ2n) is 7.20. The first-order chi connectivity index (χ1) is 11.3. The maximum absolute atomic E-state index is 14.1. The number of hydrogen-bond donors (Lipinski definition) is 0. The summed E-state index contributed by atoms with van der Waals surface area (Å²) >= 11 is 0. The van der Waals surface area contributed by atoms with Gasteiger partial charge >= 0.3 is 0 Å². The molecule has 2 aliphatic carbocycles. The Bertz CT molecular complexity index is 567. The highest BCUT2D eigenvalue weighted by Gasteiger charge is 2.39. The lowest BCUT2D eigenvalue weighted by molar-refractivity contribution is 0.00878. The van der Waals surface area contributed by atoms with E-state index < -0.39 is 0 Å². The van der Waals surface area contributed by atoms with Crippen LogP contribution in [-0.2, 0) is 6.42 Å². The molecule has 1 heterocycles. The van der Waals surface area contributed by atoms with Crippen molar-refractivity contribution < 1.29 is 13.9 Å². The summed E-state index contributed by atoms with van der Waals surface area (Å²) < 4.78 is 25.4. The summed E-state index contributed by atoms with van der Waals surface area (Å²) in [6.45, 7) is 0.601. The van der Waals surface area contributed by atoms with Gasteiger partial charge in [0.25, 0.3) is 0 Å². The van der Waals surface area contributed by atoms with Gasteiger partial charge in [0, 0.05) is 23.7 Å². The van der Waals surface area contributed by atoms with Gasteiger partial charge in [0.05, 0.1) is 7.11 Å². The lowest BCUT2D eigenvalue weighted by atomic mass is 9.87. The molecule has 126 valence electrons. The van der Waals surface area contributed by atoms with Gasteiger partial charge < -0.3 is 9.47 Å². The van der Waals surface area contributed by atoms with Gasteiger partial charge in [-0.25, -0.2) is 4.39 Å². The Hall–Kier alpha value is -1.29. The highest BCUT2D eigenvalue weighted by molar-refractivity contribution is 5.47. The van der Waals surface area contributed by atoms with Crippen LogP contribution in [0.25, 0.3) is 0 Å². The zero-order valence-electron chi connectivity index (χ0n) is 13.9. The number of benzene rings is 1. The smallest absolute Gasteiger partial charge is 0.165 e. The fourth-order valence-corrected chi connectivity index (χ4v) is 4.57. The number of fused-ring (bicyclic) bond motifs is 1. The van der Waals surface area contributed by atoms with Gasteiger partial charge in [0.15, 0.2) is 11.6 Å². The van der Waals surface area contributed by atoms with Crippen LogP contribution >= 0.6 is 0 Å². The Kier molecular flexibility index (Phi) is 4.18. The van der Waals surface area contributed by atoms with E-state index in [1.807, 2.05) is 0 Å². The Morgan fingerprint density at radius 1 is 1.04 bits per heavy atom. The van der Waals surface area contributed by atoms with Crippen molar-refractivity contribution in [2.75, 3.05) is 13.7 Å². The number of halogens is 1. The van der Waals surface area contributed by atoms with Gasteiger partial charge in [-0.1, -0.05) is 19.3 Å². The normalized spacial score (nSPS) is 25.1. The van der Waals surface area contributed by atoms with E-state index in [1.54, 1.807) is 13.2 Å². The number of hydrogen-bond acceptors (Lipinski definition) is 3. The third-order valence-electron chi connectivity index (χ3n) is 5.91. The van der Waals surface area contributed by atoms with Gasteiger partial charge in [-0.3, -0.25) is 4.90 Å². The summed E-state index contributed by atoms with van der Waals surface area (Å²) in [4.78, 5) is 2.73. The molecule has 0 aromatic heterocycles. The topological polar surface area (TPSA) is 21.7 Å². The van der Waals surface area contributed by atoms with Gasteiger partial charge in [-0.05, 0) is 44.2 Å². The second-order valence-corrected chi connectivity index (χ2v) is 7.20. The maximum atomic E-state index is 14.1. The predicted molar refractivity (Wildman–Crippen MR) is 87.7 cm³/mol. The van der Waals surface area contributed by atoms with Gasteiger partial charge in [0.2, 0.25) is 0 Å². The van der Waals surface area contributed by atoms with E-state index >= 15 is 0 Å². The van der Waals surface area contributed by atoms with E-state index in [0.29, 0.717) is 30.5 Å². The van der Waals surface area contributed by atoms with E-state index in [0.717, 1.165) is 17.7 Å². The van der Waals surface area contributed by atoms with Crippen molar-refractivity contribution in [1.29, 1.82) is 0 Å². The number of rotatable bonds is 4. The molecule has 1 atom stereocenters. The van der Waals surface area contributed by atoms with Crippen LogP contribution in [0.2, 0.25) is 0 Å². The summed E-state index contributed by atoms with van der Waals surface area (Å²) in [5, 5.41) is 0. The van der Waals surface area contributed by atoms with Crippen LogP contribution in [0.4, 0.5) is 4.39 Å². The zero-order valence-corrected chi connectivity index (χ0v) is 13.9. The first kappa shape index (κ1) is 15.3. The molecule has 3 nitrogen and oxygen atoms in total. The largest absolute Gasteiger partial charge is 0.496 e. The first-order valence-corrected chi connectivity index (χ1v) is 9.03. The summed E-state index contributed by atoms with van der Waals surface area (Å²) in [6, 6.07) is 4.91. The summed E-state index contributed by atoms with van der Waals surface area (Å²) in [5.41, 5.74) is 0.908. The van der Waals surface area contributed by atoms with Crippen molar-refractivity contribution in [3.05, 3.63) is 23.5 Å². The minimum atomic E-state index is -0.268. The molecule has 0 saturated heterocycles. The Morgan fingerprint density at radius 2 is 1.74 bits per heavy atom. The van der Waals surface area contributed by atoms with Crippen LogP contribution in [-0.4, -0.2) is 36.7 Å². The highest BCUT2D eigenvalue weighted by atomic mass is 19.1. The van der Waals surface area contributed by atoms with Crippen molar-refractivity contribution in [1.82, 2.24) is 4.90 Å². The van der Waals surface area contributed by atoms with Gasteiger partial charge in [-0.2, -0.15) is 0 Å². The van der Waals surface area contributed by atoms with Gasteiger partial charge in [-0.15, -0.1) is 0 Å². The molecule has 1 aliphatic heterocycles. The molecule has 4 heteroatoms. The fourth-order valence-electron chi connectivity index (χ4n) is 4.57. The van der Waals surface area contributed by atoms with Crippen LogP contribution in [0.15, 0.2) is 12.1 Å². The molecule has 0 N–H and O–H groups in total. The first-order valence-electron chi connectivity index (χ1n) is 9.03. The third-order valence-corrected chi connectivity index (χ3v) is 5.91. The molecule has 23 heavy (non-hydrogen) atoms. The SMILES string of the molecule is COc1ccc(F)c2c1CC(N(C1CCCC1)C1CCC1)CO2. The molecule has 2 fully saturated rings. The molecular formula is C19H26FNO2. The van der Waals surface area contributed by atoms with Gasteiger partial charge in [0.1, 0.15) is 12.4 Å². The van der Waals surface area contributed by atoms with Crippen molar-refractivity contribution >= 4 is 0 Å². The second kappa shape index (κ2) is 6.31. The quantitative estimate of drug-likeness (QED) is 0.839. The molecule has 4 rings (SSSR count). The van der Waals surface area contributed by atoms with E-state index in [2.05, 4.69) is 4.90 Å². The van der Waals surface area contributed by atoms with Crippen molar-refractivity contribution in [3.63, 3.8) is 0 Å². The van der Waals surface area contributed by atoms with E-state index in [4.69, 9.17) is 9.47 Å². The minimum absolute atomic E-state index is 0.268. The maximum Gasteiger partial charge on any atom is 0.165 e. The molecular weight excluding hydrogens is 293 g/mol. The van der Waals surface area contributed by atoms with Crippen molar-refractivity contribution in [2.45, 2.75) is 69.5 Å². The van der Waals surface area contributed by atoms with Crippen LogP contribution in [0.3, 0.4) is 0 Å². The zero-order chi connectivity index (χ0) is 15.8. The van der Waals surface area contributed by atoms with Crippen molar-refractivity contribution in [2.24, 2.45) is 0 Å². The molecule has 2 saturated carbocycles. The fraction of sp³-hybridized carbons (Fsp3) is 0.684. The summed E-state index contributed by atoms with van der Waals surface area (Å²) in [6.07, 6.45) is 10.1. The summed E-state index contributed by atoms with van der Waals surface area (Å²) in [5.74, 6) is 0.891. The molecule has 1 unspecified atom stereocenters. The Morgan fingerprint density at radius 3 is 2.35 bits per heavy atom. The van der Waals surface area contributed by atoms with Crippen molar-refractivity contribution in [3.8, 4) is 11.5 Å². The minimum Gasteiger partial charge on any atom is -0.496 e. The standard InChI is InChI=1S/C19H26FNO2/c1-22-18-10-9-17(20)19-16(18)11-15(12-23-19)21(14-7-4-8-14)13-5-2-3-6-13/h9-10,13-15H,2-8,11-12H2,1H3. The van der Waals surface area contributed by atoms with E-state index in [9.17, 15) is 4.39 Å². The monoisotopic (exact) mass is 319 g/mol. The Balaban J connectivity index is 1.61. The molecule has 1 aromatic rings. The molecule has 0 spiro atoms. The Labute approximate surface area is 137 Å². The molecule has 1 aromatic carbocycles. The lowest BCUT2D eigenvalue weighted by Crippen LogP contribution is -2.55. The number of methoxy groups -OCH3 is 1. The van der Waals surface area contributed by atoms with Crippen LogP contribution < -0.4 is 9.47 Å². The molecule has 0 amide bonds. The number of ether oxygens (including phenoxy) is 2. The summed E-state index contributed by atoms with van der Waals surface area (Å²) in [7, 11) is 1.65. The average molecular weight is 319 g/mol.